The fourth-order valence-electron chi connectivity index (χ4n) is 2.32. The van der Waals surface area contributed by atoms with Gasteiger partial charge in [0.25, 0.3) is 0 Å². The molecule has 6 nitrogen and oxygen atoms in total. The summed E-state index contributed by atoms with van der Waals surface area (Å²) >= 11 is 1.37. The van der Waals surface area contributed by atoms with Crippen molar-refractivity contribution < 1.29 is 16.8 Å². The average molecular weight is 353 g/mol. The van der Waals surface area contributed by atoms with Gasteiger partial charge in [-0.3, -0.25) is 0 Å². The Balaban J connectivity index is 2.13. The highest BCUT2D eigenvalue weighted by atomic mass is 32.2. The SMILES string of the molecule is CCNCc1cc(S(=O)(=O)NC2(C)CCS(=O)(=O)C2)cs1. The van der Waals surface area contributed by atoms with E-state index in [9.17, 15) is 16.8 Å². The van der Waals surface area contributed by atoms with Crippen LogP contribution in [0.15, 0.2) is 16.3 Å². The van der Waals surface area contributed by atoms with E-state index in [0.29, 0.717) is 13.0 Å². The lowest BCUT2D eigenvalue weighted by Crippen LogP contribution is -2.46. The lowest BCUT2D eigenvalue weighted by atomic mass is 10.0. The minimum atomic E-state index is -3.69. The minimum absolute atomic E-state index is 0.0291. The molecule has 1 aromatic rings. The van der Waals surface area contributed by atoms with Crippen LogP contribution >= 0.6 is 11.3 Å². The molecule has 0 spiro atoms. The van der Waals surface area contributed by atoms with Crippen molar-refractivity contribution in [2.24, 2.45) is 0 Å². The standard InChI is InChI=1S/C12H20N2O4S3/c1-3-13-7-10-6-11(8-19-10)21(17,18)14-12(2)4-5-20(15,16)9-12/h6,8,13-14H,3-5,7,9H2,1-2H3. The van der Waals surface area contributed by atoms with Gasteiger partial charge in [0.1, 0.15) is 0 Å². The maximum atomic E-state index is 12.4. The van der Waals surface area contributed by atoms with E-state index in [0.717, 1.165) is 11.4 Å². The third-order valence-corrected chi connectivity index (χ3v) is 7.98. The monoisotopic (exact) mass is 352 g/mol. The second-order valence-corrected chi connectivity index (χ2v) is 10.4. The van der Waals surface area contributed by atoms with Gasteiger partial charge in [-0.25, -0.2) is 21.6 Å². The largest absolute Gasteiger partial charge is 0.312 e. The highest BCUT2D eigenvalue weighted by Crippen LogP contribution is 2.26. The van der Waals surface area contributed by atoms with Gasteiger partial charge in [-0.1, -0.05) is 6.92 Å². The summed E-state index contributed by atoms with van der Waals surface area (Å²) in [7, 11) is -6.84. The number of hydrogen-bond donors (Lipinski definition) is 2. The molecule has 1 unspecified atom stereocenters. The summed E-state index contributed by atoms with van der Waals surface area (Å²) in [6, 6.07) is 1.63. The highest BCUT2D eigenvalue weighted by Gasteiger charge is 2.41. The third-order valence-electron chi connectivity index (χ3n) is 3.37. The van der Waals surface area contributed by atoms with E-state index in [-0.39, 0.29) is 16.4 Å². The van der Waals surface area contributed by atoms with E-state index in [1.165, 1.54) is 11.3 Å². The molecule has 2 rings (SSSR count). The number of nitrogens with one attached hydrogen (secondary N) is 2. The van der Waals surface area contributed by atoms with Crippen molar-refractivity contribution in [3.63, 3.8) is 0 Å². The molecule has 1 saturated heterocycles. The zero-order chi connectivity index (χ0) is 15.7. The maximum absolute atomic E-state index is 12.4. The van der Waals surface area contributed by atoms with E-state index < -0.39 is 25.4 Å². The van der Waals surface area contributed by atoms with Gasteiger partial charge in [-0.15, -0.1) is 11.3 Å². The van der Waals surface area contributed by atoms with Crippen molar-refractivity contribution in [2.75, 3.05) is 18.1 Å². The van der Waals surface area contributed by atoms with Crippen LogP contribution in [0.5, 0.6) is 0 Å². The van der Waals surface area contributed by atoms with Crippen LogP contribution in [-0.4, -0.2) is 40.4 Å². The zero-order valence-corrected chi connectivity index (χ0v) is 14.5. The first kappa shape index (κ1) is 16.9. The lowest BCUT2D eigenvalue weighted by molar-refractivity contribution is 0.462. The van der Waals surface area contributed by atoms with E-state index >= 15 is 0 Å². The van der Waals surface area contributed by atoms with E-state index in [1.54, 1.807) is 18.4 Å². The molecule has 1 aliphatic heterocycles. The van der Waals surface area contributed by atoms with Crippen LogP contribution in [0.4, 0.5) is 0 Å². The Labute approximate surface area is 129 Å². The molecular weight excluding hydrogens is 332 g/mol. The van der Waals surface area contributed by atoms with Gasteiger partial charge >= 0.3 is 0 Å². The second kappa shape index (κ2) is 5.96. The minimum Gasteiger partial charge on any atom is -0.312 e. The number of sulfonamides is 1. The van der Waals surface area contributed by atoms with Gasteiger partial charge in [0.2, 0.25) is 10.0 Å². The summed E-state index contributed by atoms with van der Waals surface area (Å²) < 4.78 is 50.4. The molecule has 1 atom stereocenters. The van der Waals surface area contributed by atoms with E-state index in [2.05, 4.69) is 10.0 Å². The van der Waals surface area contributed by atoms with Gasteiger partial charge < -0.3 is 5.32 Å². The smallest absolute Gasteiger partial charge is 0.241 e. The molecule has 0 saturated carbocycles. The summed E-state index contributed by atoms with van der Waals surface area (Å²) in [5.74, 6) is -0.116. The molecule has 2 N–H and O–H groups in total. The van der Waals surface area contributed by atoms with Gasteiger partial charge in [0.15, 0.2) is 9.84 Å². The fraction of sp³-hybridized carbons (Fsp3) is 0.667. The molecule has 9 heteroatoms. The quantitative estimate of drug-likeness (QED) is 0.787. The van der Waals surface area contributed by atoms with Crippen LogP contribution in [0.3, 0.4) is 0 Å². The van der Waals surface area contributed by atoms with Crippen LogP contribution < -0.4 is 10.0 Å². The molecule has 0 aliphatic carbocycles. The maximum Gasteiger partial charge on any atom is 0.241 e. The Morgan fingerprint density at radius 2 is 2.14 bits per heavy atom. The molecular formula is C12H20N2O4S3. The molecule has 0 amide bonds. The Kier molecular flexibility index (Phi) is 4.79. The Hall–Kier alpha value is -0.480. The molecule has 1 aliphatic rings. The Morgan fingerprint density at radius 1 is 1.43 bits per heavy atom. The number of thiophene rings is 1. The average Bonchev–Trinajstić information content (AvgIpc) is 2.91. The van der Waals surface area contributed by atoms with Crippen molar-refractivity contribution >= 4 is 31.2 Å². The third kappa shape index (κ3) is 4.26. The van der Waals surface area contributed by atoms with Crippen molar-refractivity contribution in [3.8, 4) is 0 Å². The molecule has 0 aromatic carbocycles. The summed E-state index contributed by atoms with van der Waals surface area (Å²) in [5.41, 5.74) is -0.915. The van der Waals surface area contributed by atoms with Crippen molar-refractivity contribution in [3.05, 3.63) is 16.3 Å². The van der Waals surface area contributed by atoms with Gasteiger partial charge in [0.05, 0.1) is 16.4 Å². The van der Waals surface area contributed by atoms with E-state index in [1.807, 2.05) is 6.92 Å². The molecule has 21 heavy (non-hydrogen) atoms. The predicted octanol–water partition coefficient (Wildman–Crippen LogP) is 0.713. The summed E-state index contributed by atoms with van der Waals surface area (Å²) in [6.07, 6.45) is 0.308. The van der Waals surface area contributed by atoms with Crippen molar-refractivity contribution in [2.45, 2.75) is 37.2 Å². The van der Waals surface area contributed by atoms with Crippen LogP contribution in [0.1, 0.15) is 25.1 Å². The molecule has 1 aromatic heterocycles. The summed E-state index contributed by atoms with van der Waals surface area (Å²) in [5, 5.41) is 4.72. The van der Waals surface area contributed by atoms with Crippen LogP contribution in [0.25, 0.3) is 0 Å². The van der Waals surface area contributed by atoms with E-state index in [4.69, 9.17) is 0 Å². The number of rotatable bonds is 6. The van der Waals surface area contributed by atoms with Crippen LogP contribution in [-0.2, 0) is 26.4 Å². The highest BCUT2D eigenvalue weighted by molar-refractivity contribution is 7.92. The normalized spacial score (nSPS) is 25.2. The Bertz CT molecular complexity index is 709. The molecule has 1 fully saturated rings. The van der Waals surface area contributed by atoms with Crippen LogP contribution in [0, 0.1) is 0 Å². The zero-order valence-electron chi connectivity index (χ0n) is 12.0. The van der Waals surface area contributed by atoms with Gasteiger partial charge in [-0.2, -0.15) is 0 Å². The number of sulfone groups is 1. The lowest BCUT2D eigenvalue weighted by Gasteiger charge is -2.23. The second-order valence-electron chi connectivity index (χ2n) is 5.54. The topological polar surface area (TPSA) is 92.3 Å². The molecule has 0 bridgehead atoms. The predicted molar refractivity (Wildman–Crippen MR) is 83.7 cm³/mol. The molecule has 2 heterocycles. The van der Waals surface area contributed by atoms with Crippen LogP contribution in [0.2, 0.25) is 0 Å². The molecule has 120 valence electrons. The summed E-state index contributed by atoms with van der Waals surface area (Å²) in [6.45, 7) is 5.06. The first-order chi connectivity index (χ1) is 9.66. The first-order valence-electron chi connectivity index (χ1n) is 6.68. The molecule has 0 radical (unpaired) electrons. The van der Waals surface area contributed by atoms with Crippen molar-refractivity contribution in [1.29, 1.82) is 0 Å². The van der Waals surface area contributed by atoms with Gasteiger partial charge in [-0.05, 0) is 26.0 Å². The fourth-order valence-corrected chi connectivity index (χ4v) is 7.18. The van der Waals surface area contributed by atoms with Crippen molar-refractivity contribution in [1.82, 2.24) is 10.0 Å². The Morgan fingerprint density at radius 3 is 2.71 bits per heavy atom. The summed E-state index contributed by atoms with van der Waals surface area (Å²) in [4.78, 5) is 1.13. The van der Waals surface area contributed by atoms with Gasteiger partial charge in [0, 0.05) is 22.3 Å². The first-order valence-corrected chi connectivity index (χ1v) is 10.9. The number of hydrogen-bond acceptors (Lipinski definition) is 6.